The predicted octanol–water partition coefficient (Wildman–Crippen LogP) is 1.87. The second-order valence-corrected chi connectivity index (χ2v) is 0. The third-order valence-corrected chi connectivity index (χ3v) is 0. The Morgan fingerprint density at radius 1 is 0.333 bits per heavy atom. The first-order valence-corrected chi connectivity index (χ1v) is 0. The molecule has 3 heteroatoms. The average Bonchev–Trinajstić information content (AvgIpc) is 0. The van der Waals surface area contributed by atoms with Crippen LogP contribution in [0.5, 0.6) is 0 Å². The van der Waals surface area contributed by atoms with Crippen molar-refractivity contribution in [3.63, 3.8) is 0 Å². The third-order valence-electron chi connectivity index (χ3n) is 0. The van der Waals surface area contributed by atoms with Gasteiger partial charge in [0.25, 0.3) is 0 Å². The Morgan fingerprint density at radius 3 is 0.333 bits per heavy atom. The van der Waals surface area contributed by atoms with E-state index in [1.54, 1.807) is 0 Å². The van der Waals surface area contributed by atoms with Gasteiger partial charge in [0.05, 0.1) is 0 Å². The monoisotopic (exact) mass is 212 g/mol. The number of hydrogen-bond acceptors (Lipinski definition) is 0. The summed E-state index contributed by atoms with van der Waals surface area (Å²) in [7, 11) is 0. The van der Waals surface area contributed by atoms with Gasteiger partial charge in [0, 0.05) is 0 Å². The van der Waals surface area contributed by atoms with Gasteiger partial charge >= 0.3 is 34.7 Å². The van der Waals surface area contributed by atoms with E-state index in [1.807, 2.05) is 0 Å². The molecule has 0 aromatic carbocycles. The molecule has 2 radical (unpaired) electrons. The van der Waals surface area contributed by atoms with Crippen molar-refractivity contribution in [2.75, 3.05) is 0 Å². The summed E-state index contributed by atoms with van der Waals surface area (Å²) in [5.74, 6) is 0. The topological polar surface area (TPSA) is 31.5 Å². The van der Waals surface area contributed by atoms with Crippen molar-refractivity contribution in [3.05, 3.63) is 44.6 Å². The van der Waals surface area contributed by atoms with E-state index in [-0.39, 0.29) is 84.8 Å². The minimum absolute atomic E-state index is 0. The molecule has 0 amide bonds. The van der Waals surface area contributed by atoms with Gasteiger partial charge in [-0.15, -0.1) is 0 Å². The first kappa shape index (κ1) is 777. The zero-order valence-electron chi connectivity index (χ0n) is 7.32. The van der Waals surface area contributed by atoms with Crippen molar-refractivity contribution in [2.24, 2.45) is 0 Å². The summed E-state index contributed by atoms with van der Waals surface area (Å²) < 4.78 is 0. The molecule has 2 N–H and O–H groups in total. The summed E-state index contributed by atoms with van der Waals surface area (Å²) in [5.41, 5.74) is 0. The zero-order valence-corrected chi connectivity index (χ0v) is 9.87. The van der Waals surface area contributed by atoms with Crippen LogP contribution in [0.3, 0.4) is 0 Å². The molecule has 1 nitrogen and oxygen atoms in total. The molecule has 0 aliphatic carbocycles. The normalized spacial score (nSPS) is 0. The number of rotatable bonds is 0. The van der Waals surface area contributed by atoms with Crippen LogP contribution in [0.4, 0.5) is 0 Å². The third kappa shape index (κ3) is 424. The molecule has 0 aromatic heterocycles. The Kier molecular flexibility index (Phi) is 47800. The van der Waals surface area contributed by atoms with Crippen LogP contribution < -0.4 is 0 Å². The maximum atomic E-state index is 0. The minimum atomic E-state index is 0. The van der Waals surface area contributed by atoms with Crippen LogP contribution in [0.25, 0.3) is 0 Å². The SMILES string of the molecule is O.[CH3-].[CH3-].[CH3-].[CH3-].[CH3-].[CH3-].[Cr+3].[Cr+3]. The summed E-state index contributed by atoms with van der Waals surface area (Å²) in [6, 6.07) is 0. The molecule has 9 heavy (non-hydrogen) atoms. The van der Waals surface area contributed by atoms with Gasteiger partial charge in [0.15, 0.2) is 0 Å². The molecule has 0 unspecified atom stereocenters. The fraction of sp³-hybridized carbons (Fsp3) is 0. The first-order chi connectivity index (χ1) is 0. The number of hydrogen-bond donors (Lipinski definition) is 0. The quantitative estimate of drug-likeness (QED) is 0.549. The van der Waals surface area contributed by atoms with E-state index in [2.05, 4.69) is 0 Å². The zero-order chi connectivity index (χ0) is 0. The maximum Gasteiger partial charge on any atom is 3.00 e. The molecule has 0 saturated carbocycles. The van der Waals surface area contributed by atoms with Crippen LogP contribution in [0.15, 0.2) is 0 Å². The van der Waals surface area contributed by atoms with E-state index in [0.717, 1.165) is 0 Å². The fourth-order valence-electron chi connectivity index (χ4n) is 0. The smallest absolute Gasteiger partial charge is 0.412 e. The summed E-state index contributed by atoms with van der Waals surface area (Å²) in [6.07, 6.45) is 0. The van der Waals surface area contributed by atoms with E-state index in [0.29, 0.717) is 0 Å². The molecule has 0 aromatic rings. The van der Waals surface area contributed by atoms with Crippen LogP contribution in [0, 0.1) is 44.6 Å². The molecule has 0 heterocycles. The summed E-state index contributed by atoms with van der Waals surface area (Å²) >= 11 is 0. The largest absolute Gasteiger partial charge is 3.00 e. The van der Waals surface area contributed by atoms with Crippen LogP contribution in [0.1, 0.15) is 0 Å². The van der Waals surface area contributed by atoms with Gasteiger partial charge < -0.3 is 50.0 Å². The average molecular weight is 212 g/mol. The molecule has 0 aliphatic rings. The van der Waals surface area contributed by atoms with Gasteiger partial charge in [-0.2, -0.15) is 0 Å². The first-order valence-electron chi connectivity index (χ1n) is 0. The Labute approximate surface area is 84.8 Å². The van der Waals surface area contributed by atoms with Crippen molar-refractivity contribution >= 4 is 0 Å². The Balaban J connectivity index is 0. The van der Waals surface area contributed by atoms with Gasteiger partial charge in [-0.1, -0.05) is 0 Å². The molecule has 0 rings (SSSR count). The van der Waals surface area contributed by atoms with Crippen molar-refractivity contribution in [2.45, 2.75) is 0 Å². The van der Waals surface area contributed by atoms with Crippen LogP contribution in [-0.2, 0) is 34.7 Å². The fourth-order valence-corrected chi connectivity index (χ4v) is 0. The molecular formula is C6H20Cr2O. The van der Waals surface area contributed by atoms with E-state index in [1.165, 1.54) is 0 Å². The van der Waals surface area contributed by atoms with Crippen molar-refractivity contribution in [1.29, 1.82) is 0 Å². The van der Waals surface area contributed by atoms with Gasteiger partial charge in [-0.05, 0) is 0 Å². The summed E-state index contributed by atoms with van der Waals surface area (Å²) in [6.45, 7) is 0. The molecule has 0 atom stereocenters. The van der Waals surface area contributed by atoms with Crippen molar-refractivity contribution < 1.29 is 40.2 Å². The Hall–Kier alpha value is 1.02. The Bertz CT molecular complexity index is 11.0. The minimum Gasteiger partial charge on any atom is -0.412 e. The molecule has 0 bridgehead atoms. The molecule has 0 aliphatic heterocycles. The molecule has 0 saturated heterocycles. The Morgan fingerprint density at radius 2 is 0.333 bits per heavy atom. The summed E-state index contributed by atoms with van der Waals surface area (Å²) in [4.78, 5) is 0. The second-order valence-electron chi connectivity index (χ2n) is 0. The van der Waals surface area contributed by atoms with Gasteiger partial charge in [0.2, 0.25) is 0 Å². The molecule has 0 fully saturated rings. The molecule has 0 spiro atoms. The standard InChI is InChI=1S/6CH3.2Cr.H2O/h6*1H3;;;1H2/q6*-1;2*+3;. The van der Waals surface area contributed by atoms with E-state index in [9.17, 15) is 0 Å². The summed E-state index contributed by atoms with van der Waals surface area (Å²) in [5, 5.41) is 0. The molecule has 62 valence electrons. The van der Waals surface area contributed by atoms with Crippen molar-refractivity contribution in [1.82, 2.24) is 0 Å². The predicted molar refractivity (Wildman–Crippen MR) is 42.1 cm³/mol. The van der Waals surface area contributed by atoms with E-state index in [4.69, 9.17) is 0 Å². The maximum absolute atomic E-state index is 0. The van der Waals surface area contributed by atoms with E-state index >= 15 is 0 Å². The van der Waals surface area contributed by atoms with Crippen LogP contribution in [0.2, 0.25) is 0 Å². The van der Waals surface area contributed by atoms with Gasteiger partial charge in [-0.3, -0.25) is 0 Å². The van der Waals surface area contributed by atoms with Crippen LogP contribution in [-0.4, -0.2) is 5.48 Å². The van der Waals surface area contributed by atoms with Gasteiger partial charge in [-0.25, -0.2) is 0 Å². The van der Waals surface area contributed by atoms with Crippen LogP contribution >= 0.6 is 0 Å². The van der Waals surface area contributed by atoms with Crippen molar-refractivity contribution in [3.8, 4) is 0 Å². The van der Waals surface area contributed by atoms with E-state index < -0.39 is 0 Å². The molecular weight excluding hydrogens is 192 g/mol. The second kappa shape index (κ2) is 553. The van der Waals surface area contributed by atoms with Gasteiger partial charge in [0.1, 0.15) is 0 Å².